The van der Waals surface area contributed by atoms with Gasteiger partial charge in [-0.15, -0.1) is 0 Å². The van der Waals surface area contributed by atoms with E-state index in [1.165, 1.54) is 0 Å². The van der Waals surface area contributed by atoms with Crippen LogP contribution >= 0.6 is 11.8 Å². The number of aliphatic hydroxyl groups excluding tert-OH is 2. The lowest BCUT2D eigenvalue weighted by Gasteiger charge is -2.59. The predicted molar refractivity (Wildman–Crippen MR) is 125 cm³/mol. The molecule has 0 aliphatic heterocycles. The Morgan fingerprint density at radius 3 is 2.53 bits per heavy atom. The Labute approximate surface area is 205 Å². The Hall–Kier alpha value is -1.14. The minimum absolute atomic E-state index is 0.00912. The van der Waals surface area contributed by atoms with Crippen LogP contribution in [-0.4, -0.2) is 70.5 Å². The SMILES string of the molecule is C[C@]12C=CC(=O)C=C1CC[C@@H]1[C@@H]2[C@@H](O)C[C@@]2(C)[C@H]1CC[C@]2(O)C(=O)CO.O=S(=O)(O)CCNCl. The van der Waals surface area contributed by atoms with Gasteiger partial charge in [0, 0.05) is 23.3 Å². The van der Waals surface area contributed by atoms with Gasteiger partial charge >= 0.3 is 0 Å². The minimum atomic E-state index is -3.83. The smallest absolute Gasteiger partial charge is 0.266 e. The van der Waals surface area contributed by atoms with Gasteiger partial charge in [0.25, 0.3) is 10.1 Å². The molecule has 0 amide bonds. The predicted octanol–water partition coefficient (Wildman–Crippen LogP) is 1.18. The van der Waals surface area contributed by atoms with E-state index in [9.17, 15) is 33.3 Å². The van der Waals surface area contributed by atoms with Gasteiger partial charge in [-0.05, 0) is 67.9 Å². The molecule has 4 aliphatic rings. The van der Waals surface area contributed by atoms with Crippen LogP contribution in [-0.2, 0) is 19.7 Å². The van der Waals surface area contributed by atoms with Crippen LogP contribution in [0.5, 0.6) is 0 Å². The van der Waals surface area contributed by atoms with Crippen LogP contribution in [0.2, 0.25) is 0 Å². The Kier molecular flexibility index (Phi) is 7.85. The lowest BCUT2D eigenvalue weighted by molar-refractivity contribution is -0.178. The van der Waals surface area contributed by atoms with E-state index >= 15 is 0 Å². The van der Waals surface area contributed by atoms with Crippen LogP contribution in [0, 0.1) is 28.6 Å². The number of aliphatic hydroxyl groups is 3. The lowest BCUT2D eigenvalue weighted by atomic mass is 9.46. The van der Waals surface area contributed by atoms with E-state index in [0.717, 1.165) is 24.8 Å². The molecule has 0 aromatic rings. The third-order valence-corrected chi connectivity index (χ3v) is 9.62. The number of nitrogens with one attached hydrogen (secondary N) is 1. The number of hydrogen-bond acceptors (Lipinski definition) is 8. The van der Waals surface area contributed by atoms with Gasteiger partial charge in [0.05, 0.1) is 11.9 Å². The highest BCUT2D eigenvalue weighted by atomic mass is 35.5. The Morgan fingerprint density at radius 2 is 1.97 bits per heavy atom. The number of carbonyl (C=O) groups is 2. The number of allylic oxidation sites excluding steroid dienone is 4. The summed E-state index contributed by atoms with van der Waals surface area (Å²) < 4.78 is 27.7. The van der Waals surface area contributed by atoms with Gasteiger partial charge < -0.3 is 15.3 Å². The molecule has 3 saturated carbocycles. The van der Waals surface area contributed by atoms with Crippen molar-refractivity contribution in [3.8, 4) is 0 Å². The highest BCUT2D eigenvalue weighted by molar-refractivity contribution is 7.85. The number of ketones is 2. The van der Waals surface area contributed by atoms with Crippen LogP contribution in [0.3, 0.4) is 0 Å². The summed E-state index contributed by atoms with van der Waals surface area (Å²) in [5.74, 6) is -0.577. The van der Waals surface area contributed by atoms with Gasteiger partial charge in [-0.1, -0.05) is 25.5 Å². The van der Waals surface area contributed by atoms with Crippen molar-refractivity contribution in [2.75, 3.05) is 18.9 Å². The van der Waals surface area contributed by atoms with E-state index in [1.54, 1.807) is 12.2 Å². The minimum Gasteiger partial charge on any atom is -0.393 e. The summed E-state index contributed by atoms with van der Waals surface area (Å²) in [6.07, 6.45) is 7.68. The number of halogens is 1. The van der Waals surface area contributed by atoms with Gasteiger partial charge in [0.1, 0.15) is 12.2 Å². The summed E-state index contributed by atoms with van der Waals surface area (Å²) in [5, 5.41) is 31.7. The first-order valence-corrected chi connectivity index (χ1v) is 13.5. The topological polar surface area (TPSA) is 161 Å². The van der Waals surface area contributed by atoms with Crippen molar-refractivity contribution < 1.29 is 37.9 Å². The second-order valence-electron chi connectivity index (χ2n) is 10.4. The number of hydrogen-bond donors (Lipinski definition) is 5. The van der Waals surface area contributed by atoms with Gasteiger partial charge in [0.15, 0.2) is 11.6 Å². The zero-order chi connectivity index (χ0) is 25.5. The molecule has 0 unspecified atom stereocenters. The molecule has 0 aromatic heterocycles. The van der Waals surface area contributed by atoms with Crippen molar-refractivity contribution in [1.29, 1.82) is 0 Å². The third-order valence-electron chi connectivity index (χ3n) is 8.71. The molecule has 0 spiro atoms. The van der Waals surface area contributed by atoms with Crippen LogP contribution in [0.4, 0.5) is 0 Å². The fourth-order valence-electron chi connectivity index (χ4n) is 7.09. The molecular weight excluding hydrogens is 486 g/mol. The van der Waals surface area contributed by atoms with Crippen LogP contribution in [0.1, 0.15) is 46.0 Å². The summed E-state index contributed by atoms with van der Waals surface area (Å²) in [4.78, 5) is 26.2. The average Bonchev–Trinajstić information content (AvgIpc) is 3.03. The lowest BCUT2D eigenvalue weighted by Crippen LogP contribution is -2.61. The largest absolute Gasteiger partial charge is 0.393 e. The molecule has 9 nitrogen and oxygen atoms in total. The Balaban J connectivity index is 0.000000350. The van der Waals surface area contributed by atoms with Gasteiger partial charge in [-0.25, -0.2) is 4.84 Å². The highest BCUT2D eigenvalue weighted by Crippen LogP contribution is 2.67. The van der Waals surface area contributed by atoms with E-state index in [2.05, 4.69) is 11.8 Å². The Morgan fingerprint density at radius 1 is 1.29 bits per heavy atom. The van der Waals surface area contributed by atoms with Crippen molar-refractivity contribution in [1.82, 2.24) is 4.84 Å². The Bertz CT molecular complexity index is 997. The maximum absolute atomic E-state index is 12.4. The molecule has 0 heterocycles. The molecule has 4 aliphatic carbocycles. The normalized spacial score (nSPS) is 40.9. The number of Topliss-reactive ketones (excluding diaryl/α,β-unsaturated/α-hetero) is 1. The summed E-state index contributed by atoms with van der Waals surface area (Å²) in [7, 11) is -3.83. The van der Waals surface area contributed by atoms with Crippen LogP contribution in [0.15, 0.2) is 23.8 Å². The number of fused-ring (bicyclic) bond motifs is 5. The summed E-state index contributed by atoms with van der Waals surface area (Å²) in [5.41, 5.74) is -1.54. The quantitative estimate of drug-likeness (QED) is 0.265. The second kappa shape index (κ2) is 9.72. The molecule has 11 heteroatoms. The van der Waals surface area contributed by atoms with Crippen molar-refractivity contribution >= 4 is 33.5 Å². The second-order valence-corrected chi connectivity index (χ2v) is 12.2. The number of rotatable bonds is 5. The highest BCUT2D eigenvalue weighted by Gasteiger charge is 2.67. The fourth-order valence-corrected chi connectivity index (χ4v) is 7.65. The van der Waals surface area contributed by atoms with Crippen molar-refractivity contribution in [3.63, 3.8) is 0 Å². The summed E-state index contributed by atoms with van der Waals surface area (Å²) in [6.45, 7) is 3.40. The third kappa shape index (κ3) is 4.66. The molecule has 0 aromatic carbocycles. The van der Waals surface area contributed by atoms with Gasteiger partial charge in [-0.3, -0.25) is 14.1 Å². The zero-order valence-corrected chi connectivity index (χ0v) is 21.0. The van der Waals surface area contributed by atoms with Crippen molar-refractivity contribution in [2.24, 2.45) is 28.6 Å². The molecule has 0 bridgehead atoms. The van der Waals surface area contributed by atoms with E-state index in [-0.39, 0.29) is 41.2 Å². The van der Waals surface area contributed by atoms with E-state index in [4.69, 9.17) is 16.3 Å². The van der Waals surface area contributed by atoms with Crippen LogP contribution in [0.25, 0.3) is 0 Å². The molecule has 0 radical (unpaired) electrons. The molecule has 192 valence electrons. The average molecular weight is 520 g/mol. The maximum atomic E-state index is 12.4. The molecule has 3 fully saturated rings. The first kappa shape index (κ1) is 27.4. The first-order valence-electron chi connectivity index (χ1n) is 11.5. The van der Waals surface area contributed by atoms with E-state index in [0.29, 0.717) is 12.8 Å². The molecule has 5 N–H and O–H groups in total. The molecule has 34 heavy (non-hydrogen) atoms. The molecule has 7 atom stereocenters. The maximum Gasteiger partial charge on any atom is 0.266 e. The summed E-state index contributed by atoms with van der Waals surface area (Å²) in [6, 6.07) is 0. The summed E-state index contributed by atoms with van der Waals surface area (Å²) >= 11 is 4.88. The zero-order valence-electron chi connectivity index (χ0n) is 19.4. The van der Waals surface area contributed by atoms with Gasteiger partial charge in [0.2, 0.25) is 0 Å². The number of carbonyl (C=O) groups excluding carboxylic acids is 2. The van der Waals surface area contributed by atoms with Crippen molar-refractivity contribution in [3.05, 3.63) is 23.8 Å². The molecular formula is C23H34ClNO8S. The van der Waals surface area contributed by atoms with Gasteiger partial charge in [-0.2, -0.15) is 8.42 Å². The van der Waals surface area contributed by atoms with E-state index < -0.39 is 39.6 Å². The fraction of sp³-hybridized carbons (Fsp3) is 0.739. The standard InChI is InChI=1S/C21H28O5.C2H6ClNO3S/c1-19-7-5-13(23)9-12(19)3-4-14-15-6-8-21(26,17(25)11-22)20(15,2)10-16(24)18(14)19;3-4-1-2-8(5,6)7/h5,7,9,14-16,18,22,24,26H,3-4,6,8,10-11H2,1-2H3;4H,1-2H2,(H,5,6,7)/t14-,15-,16-,18+,19-,20-,21-;/m0./s1. The molecule has 4 rings (SSSR count). The monoisotopic (exact) mass is 519 g/mol. The van der Waals surface area contributed by atoms with Crippen LogP contribution < -0.4 is 4.84 Å². The molecule has 0 saturated heterocycles. The van der Waals surface area contributed by atoms with E-state index in [1.807, 2.05) is 13.0 Å². The first-order chi connectivity index (χ1) is 15.7. The van der Waals surface area contributed by atoms with Crippen molar-refractivity contribution in [2.45, 2.75) is 57.7 Å².